The first-order chi connectivity index (χ1) is 4.91. The van der Waals surface area contributed by atoms with E-state index in [1.54, 1.807) is 7.11 Å². The molecule has 0 aromatic heterocycles. The van der Waals surface area contributed by atoms with Crippen LogP contribution in [0.15, 0.2) is 0 Å². The molecule has 0 spiro atoms. The lowest BCUT2D eigenvalue weighted by Crippen LogP contribution is -1.91. The number of hydrogen-bond acceptors (Lipinski definition) is 1. The van der Waals surface area contributed by atoms with Gasteiger partial charge in [0, 0.05) is 13.0 Å². The lowest BCUT2D eigenvalue weighted by Gasteiger charge is -1.96. The van der Waals surface area contributed by atoms with Crippen molar-refractivity contribution in [3.8, 4) is 0 Å². The van der Waals surface area contributed by atoms with E-state index in [9.17, 15) is 0 Å². The number of halogens is 1. The van der Waals surface area contributed by atoms with Crippen LogP contribution in [0.2, 0.25) is 6.04 Å². The van der Waals surface area contributed by atoms with Gasteiger partial charge in [-0.15, -0.1) is 11.6 Å². The molecule has 2 radical (unpaired) electrons. The first-order valence-corrected chi connectivity index (χ1v) is 5.38. The van der Waals surface area contributed by atoms with Crippen molar-refractivity contribution in [2.75, 3.05) is 13.0 Å². The summed E-state index contributed by atoms with van der Waals surface area (Å²) in [5, 5.41) is 0. The molecule has 1 nitrogen and oxygen atoms in total. The Morgan fingerprint density at radius 3 is 2.50 bits per heavy atom. The van der Waals surface area contributed by atoms with E-state index in [1.165, 1.54) is 25.3 Å². The van der Waals surface area contributed by atoms with Crippen LogP contribution >= 0.6 is 11.6 Å². The summed E-state index contributed by atoms with van der Waals surface area (Å²) in [6.45, 7) is 0. The highest BCUT2D eigenvalue weighted by Gasteiger charge is 1.90. The van der Waals surface area contributed by atoms with Crippen LogP contribution in [0.25, 0.3) is 0 Å². The van der Waals surface area contributed by atoms with Gasteiger partial charge in [-0.3, -0.25) is 0 Å². The lowest BCUT2D eigenvalue weighted by atomic mass is 10.2. The Bertz CT molecular complexity index is 53.6. The zero-order valence-electron chi connectivity index (χ0n) is 6.53. The summed E-state index contributed by atoms with van der Waals surface area (Å²) in [6.07, 6.45) is 5.04. The summed E-state index contributed by atoms with van der Waals surface area (Å²) in [4.78, 5) is 0. The monoisotopic (exact) mass is 178 g/mol. The van der Waals surface area contributed by atoms with Gasteiger partial charge in [0.25, 0.3) is 0 Å². The molecule has 0 saturated heterocycles. The van der Waals surface area contributed by atoms with Crippen molar-refractivity contribution in [3.63, 3.8) is 0 Å². The predicted octanol–water partition coefficient (Wildman–Crippen LogP) is 2.47. The molecular formula is C7H15ClOSi. The average molecular weight is 179 g/mol. The number of alkyl halides is 1. The molecule has 3 heteroatoms. The number of rotatable bonds is 7. The quantitative estimate of drug-likeness (QED) is 0.331. The second-order valence-corrected chi connectivity index (χ2v) is 3.78. The molecule has 0 aliphatic heterocycles. The molecule has 0 amide bonds. The van der Waals surface area contributed by atoms with Crippen molar-refractivity contribution < 1.29 is 4.43 Å². The first-order valence-electron chi connectivity index (χ1n) is 3.73. The zero-order valence-corrected chi connectivity index (χ0v) is 8.28. The first kappa shape index (κ1) is 10.5. The lowest BCUT2D eigenvalue weighted by molar-refractivity contribution is 0.438. The third kappa shape index (κ3) is 8.47. The van der Waals surface area contributed by atoms with Crippen LogP contribution < -0.4 is 0 Å². The molecule has 0 aromatic rings. The fraction of sp³-hybridized carbons (Fsp3) is 1.00. The van der Waals surface area contributed by atoms with Crippen LogP contribution in [0.4, 0.5) is 0 Å². The minimum absolute atomic E-state index is 0.694. The van der Waals surface area contributed by atoms with E-state index in [1.807, 2.05) is 0 Å². The van der Waals surface area contributed by atoms with Crippen LogP contribution in [-0.2, 0) is 4.43 Å². The summed E-state index contributed by atoms with van der Waals surface area (Å²) in [7, 11) is 2.45. The van der Waals surface area contributed by atoms with Crippen LogP contribution in [-0.4, -0.2) is 22.8 Å². The van der Waals surface area contributed by atoms with Crippen LogP contribution in [0.1, 0.15) is 25.7 Å². The molecule has 60 valence electrons. The van der Waals surface area contributed by atoms with Gasteiger partial charge < -0.3 is 4.43 Å². The van der Waals surface area contributed by atoms with Crippen LogP contribution in [0.5, 0.6) is 0 Å². The van der Waals surface area contributed by atoms with E-state index in [0.29, 0.717) is 9.76 Å². The highest BCUT2D eigenvalue weighted by Crippen LogP contribution is 2.03. The summed E-state index contributed by atoms with van der Waals surface area (Å²) in [5.41, 5.74) is 0. The van der Waals surface area contributed by atoms with Gasteiger partial charge in [-0.2, -0.15) is 0 Å². The Morgan fingerprint density at radius 1 is 1.20 bits per heavy atom. The largest absolute Gasteiger partial charge is 0.421 e. The van der Waals surface area contributed by atoms with Crippen molar-refractivity contribution in [2.45, 2.75) is 31.7 Å². The van der Waals surface area contributed by atoms with Crippen molar-refractivity contribution in [2.24, 2.45) is 0 Å². The number of hydrogen-bond donors (Lipinski definition) is 0. The highest BCUT2D eigenvalue weighted by molar-refractivity contribution is 6.26. The van der Waals surface area contributed by atoms with E-state index >= 15 is 0 Å². The molecule has 0 atom stereocenters. The second-order valence-electron chi connectivity index (χ2n) is 2.20. The molecule has 0 N–H and O–H groups in total. The fourth-order valence-corrected chi connectivity index (χ4v) is 1.53. The van der Waals surface area contributed by atoms with E-state index < -0.39 is 0 Å². The molecule has 0 unspecified atom stereocenters. The average Bonchev–Trinajstić information content (AvgIpc) is 1.97. The van der Waals surface area contributed by atoms with E-state index in [4.69, 9.17) is 16.0 Å². The Hall–Kier alpha value is 0.467. The third-order valence-electron chi connectivity index (χ3n) is 1.31. The smallest absolute Gasteiger partial charge is 0.229 e. The Labute approximate surface area is 71.0 Å². The highest BCUT2D eigenvalue weighted by atomic mass is 35.5. The van der Waals surface area contributed by atoms with Gasteiger partial charge >= 0.3 is 0 Å². The van der Waals surface area contributed by atoms with E-state index in [0.717, 1.165) is 12.3 Å². The minimum Gasteiger partial charge on any atom is -0.421 e. The molecule has 0 aromatic carbocycles. The van der Waals surface area contributed by atoms with Crippen molar-refractivity contribution in [1.29, 1.82) is 0 Å². The Balaban J connectivity index is 2.65. The van der Waals surface area contributed by atoms with Gasteiger partial charge in [0.1, 0.15) is 0 Å². The van der Waals surface area contributed by atoms with Gasteiger partial charge in [0.2, 0.25) is 9.76 Å². The molecule has 0 bridgehead atoms. The maximum atomic E-state index is 5.52. The standard InChI is InChI=1S/C7H15ClOSi/c1-9-10-7-5-3-2-4-6-8/h2-7H2,1H3. The molecular weight excluding hydrogens is 164 g/mol. The zero-order chi connectivity index (χ0) is 7.66. The second kappa shape index (κ2) is 9.47. The fourth-order valence-electron chi connectivity index (χ4n) is 0.747. The SMILES string of the molecule is CO[Si]CCCCCCCl. The summed E-state index contributed by atoms with van der Waals surface area (Å²) in [5.74, 6) is 0.812. The van der Waals surface area contributed by atoms with Crippen molar-refractivity contribution in [1.82, 2.24) is 0 Å². The van der Waals surface area contributed by atoms with Gasteiger partial charge in [0.15, 0.2) is 0 Å². The molecule has 0 fully saturated rings. The maximum Gasteiger partial charge on any atom is 0.229 e. The third-order valence-corrected chi connectivity index (χ3v) is 2.42. The maximum absolute atomic E-state index is 5.52. The topological polar surface area (TPSA) is 9.23 Å². The van der Waals surface area contributed by atoms with Gasteiger partial charge in [0.05, 0.1) is 0 Å². The normalized spacial score (nSPS) is 10.2. The Kier molecular flexibility index (Phi) is 9.91. The van der Waals surface area contributed by atoms with Gasteiger partial charge in [-0.1, -0.05) is 19.3 Å². The minimum atomic E-state index is 0.694. The van der Waals surface area contributed by atoms with E-state index in [-0.39, 0.29) is 0 Å². The molecule has 0 aliphatic rings. The summed E-state index contributed by atoms with van der Waals surface area (Å²) in [6, 6.07) is 1.22. The van der Waals surface area contributed by atoms with Gasteiger partial charge in [-0.25, -0.2) is 0 Å². The number of unbranched alkanes of at least 4 members (excludes halogenated alkanes) is 3. The van der Waals surface area contributed by atoms with Gasteiger partial charge in [-0.05, 0) is 12.5 Å². The van der Waals surface area contributed by atoms with Crippen molar-refractivity contribution in [3.05, 3.63) is 0 Å². The molecule has 0 rings (SSSR count). The summed E-state index contributed by atoms with van der Waals surface area (Å²) < 4.78 is 4.95. The van der Waals surface area contributed by atoms with E-state index in [2.05, 4.69) is 0 Å². The predicted molar refractivity (Wildman–Crippen MR) is 46.8 cm³/mol. The van der Waals surface area contributed by atoms with Crippen LogP contribution in [0, 0.1) is 0 Å². The van der Waals surface area contributed by atoms with Crippen LogP contribution in [0.3, 0.4) is 0 Å². The molecule has 10 heavy (non-hydrogen) atoms. The van der Waals surface area contributed by atoms with Crippen molar-refractivity contribution >= 4 is 21.4 Å². The molecule has 0 heterocycles. The molecule has 0 saturated carbocycles. The molecule has 0 aliphatic carbocycles. The summed E-state index contributed by atoms with van der Waals surface area (Å²) >= 11 is 5.52. The Morgan fingerprint density at radius 2 is 1.90 bits per heavy atom.